The van der Waals surface area contributed by atoms with E-state index in [1.165, 1.54) is 17.4 Å². The lowest BCUT2D eigenvalue weighted by Gasteiger charge is -2.08. The second-order valence-electron chi connectivity index (χ2n) is 3.73. The first kappa shape index (κ1) is 16.2. The van der Waals surface area contributed by atoms with Crippen LogP contribution in [0.2, 0.25) is 10.0 Å². The first-order valence-electron chi connectivity index (χ1n) is 5.17. The highest BCUT2D eigenvalue weighted by Crippen LogP contribution is 2.29. The van der Waals surface area contributed by atoms with E-state index in [0.29, 0.717) is 0 Å². The molecule has 1 aromatic heterocycles. The Balaban J connectivity index is 2.25. The fourth-order valence-corrected chi connectivity index (χ4v) is 4.64. The van der Waals surface area contributed by atoms with Crippen LogP contribution in [0.25, 0.3) is 0 Å². The van der Waals surface area contributed by atoms with Gasteiger partial charge in [0.15, 0.2) is 5.82 Å². The third kappa shape index (κ3) is 3.52. The smallest absolute Gasteiger partial charge is 0.207 e. The number of benzene rings is 1. The molecule has 0 saturated heterocycles. The van der Waals surface area contributed by atoms with Crippen molar-refractivity contribution in [2.24, 2.45) is 0 Å². The van der Waals surface area contributed by atoms with Gasteiger partial charge in [-0.3, -0.25) is 0 Å². The van der Waals surface area contributed by atoms with Crippen LogP contribution in [0.5, 0.6) is 0 Å². The Bertz CT molecular complexity index is 749. The van der Waals surface area contributed by atoms with E-state index in [4.69, 9.17) is 23.2 Å². The Morgan fingerprint density at radius 1 is 1.35 bits per heavy atom. The number of hydrogen-bond donors (Lipinski definition) is 1. The number of hydrogen-bond acceptors (Lipinski definition) is 3. The Morgan fingerprint density at radius 3 is 2.65 bits per heavy atom. The van der Waals surface area contributed by atoms with Crippen molar-refractivity contribution in [3.63, 3.8) is 0 Å². The van der Waals surface area contributed by atoms with Crippen molar-refractivity contribution in [1.82, 2.24) is 4.72 Å². The molecule has 108 valence electrons. The summed E-state index contributed by atoms with van der Waals surface area (Å²) in [5.41, 5.74) is 0. The summed E-state index contributed by atoms with van der Waals surface area (Å²) in [4.78, 5) is 0.475. The largest absolute Gasteiger partial charge is 0.242 e. The van der Waals surface area contributed by atoms with Crippen molar-refractivity contribution in [2.45, 2.75) is 11.4 Å². The van der Waals surface area contributed by atoms with E-state index in [-0.39, 0.29) is 16.5 Å². The normalized spacial score (nSPS) is 11.8. The highest BCUT2D eigenvalue weighted by Gasteiger charge is 2.21. The second-order valence-corrected chi connectivity index (χ2v) is 8.16. The van der Waals surface area contributed by atoms with Gasteiger partial charge < -0.3 is 0 Å². The van der Waals surface area contributed by atoms with Crippen LogP contribution in [-0.4, -0.2) is 8.42 Å². The molecule has 0 fully saturated rings. The van der Waals surface area contributed by atoms with Crippen molar-refractivity contribution < 1.29 is 12.8 Å². The summed E-state index contributed by atoms with van der Waals surface area (Å²) < 4.78 is 40.9. The Kier molecular flexibility index (Phi) is 5.09. The SMILES string of the molecule is O=S(=O)(NCc1cc(Br)cs1)c1ccc(Cl)c(F)c1Cl. The van der Waals surface area contributed by atoms with Crippen LogP contribution in [-0.2, 0) is 16.6 Å². The molecule has 0 aliphatic rings. The number of rotatable bonds is 4. The molecular formula is C11H7BrCl2FNO2S2. The van der Waals surface area contributed by atoms with Crippen molar-refractivity contribution >= 4 is 60.5 Å². The molecule has 0 radical (unpaired) electrons. The molecule has 3 nitrogen and oxygen atoms in total. The van der Waals surface area contributed by atoms with Crippen LogP contribution in [0.3, 0.4) is 0 Å². The van der Waals surface area contributed by atoms with Crippen LogP contribution < -0.4 is 4.72 Å². The molecule has 0 bridgehead atoms. The maximum absolute atomic E-state index is 13.5. The lowest BCUT2D eigenvalue weighted by atomic mass is 10.3. The summed E-state index contributed by atoms with van der Waals surface area (Å²) in [6.45, 7) is 0.0964. The Hall–Kier alpha value is -0.180. The van der Waals surface area contributed by atoms with Crippen molar-refractivity contribution in [1.29, 1.82) is 0 Å². The lowest BCUT2D eigenvalue weighted by molar-refractivity contribution is 0.578. The molecule has 0 amide bonds. The van der Waals surface area contributed by atoms with E-state index in [1.54, 1.807) is 6.07 Å². The fraction of sp³-hybridized carbons (Fsp3) is 0.0909. The molecular weight excluding hydrogens is 412 g/mol. The van der Waals surface area contributed by atoms with Crippen molar-refractivity contribution in [2.75, 3.05) is 0 Å². The number of sulfonamides is 1. The highest BCUT2D eigenvalue weighted by atomic mass is 79.9. The Labute approximate surface area is 137 Å². The minimum Gasteiger partial charge on any atom is -0.207 e. The first-order valence-corrected chi connectivity index (χ1v) is 9.08. The van der Waals surface area contributed by atoms with E-state index < -0.39 is 20.9 Å². The topological polar surface area (TPSA) is 46.2 Å². The summed E-state index contributed by atoms with van der Waals surface area (Å²) in [5.74, 6) is -0.949. The third-order valence-electron chi connectivity index (χ3n) is 2.35. The highest BCUT2D eigenvalue weighted by molar-refractivity contribution is 9.10. The molecule has 2 aromatic rings. The maximum Gasteiger partial charge on any atom is 0.242 e. The zero-order valence-corrected chi connectivity index (χ0v) is 14.4. The summed E-state index contributed by atoms with van der Waals surface area (Å²) >= 11 is 15.9. The quantitative estimate of drug-likeness (QED) is 0.746. The van der Waals surface area contributed by atoms with Gasteiger partial charge in [0.1, 0.15) is 4.90 Å². The van der Waals surface area contributed by atoms with Crippen LogP contribution >= 0.6 is 50.5 Å². The maximum atomic E-state index is 13.5. The first-order chi connectivity index (χ1) is 9.31. The lowest BCUT2D eigenvalue weighted by Crippen LogP contribution is -2.23. The fourth-order valence-electron chi connectivity index (χ4n) is 1.41. The van der Waals surface area contributed by atoms with E-state index in [2.05, 4.69) is 20.7 Å². The van der Waals surface area contributed by atoms with Crippen LogP contribution in [0, 0.1) is 5.82 Å². The standard InChI is InChI=1S/C11H7BrCl2FNO2S2/c12-6-3-7(19-5-6)4-16-20(17,18)9-2-1-8(13)11(15)10(9)14/h1-3,5,16H,4H2. The molecule has 0 atom stereocenters. The molecule has 0 saturated carbocycles. The predicted octanol–water partition coefficient (Wildman–Crippen LogP) is 4.44. The molecule has 0 unspecified atom stereocenters. The van der Waals surface area contributed by atoms with Crippen LogP contribution in [0.15, 0.2) is 32.9 Å². The molecule has 2 rings (SSSR count). The predicted molar refractivity (Wildman–Crippen MR) is 82.5 cm³/mol. The van der Waals surface area contributed by atoms with Crippen LogP contribution in [0.1, 0.15) is 4.88 Å². The van der Waals surface area contributed by atoms with Gasteiger partial charge in [-0.15, -0.1) is 11.3 Å². The molecule has 20 heavy (non-hydrogen) atoms. The monoisotopic (exact) mass is 417 g/mol. The average Bonchev–Trinajstić information content (AvgIpc) is 2.79. The van der Waals surface area contributed by atoms with Gasteiger partial charge >= 0.3 is 0 Å². The number of thiophene rings is 1. The van der Waals surface area contributed by atoms with Crippen molar-refractivity contribution in [3.8, 4) is 0 Å². The van der Waals surface area contributed by atoms with E-state index >= 15 is 0 Å². The van der Waals surface area contributed by atoms with Crippen LogP contribution in [0.4, 0.5) is 4.39 Å². The molecule has 1 aromatic carbocycles. The zero-order valence-electron chi connectivity index (χ0n) is 9.66. The van der Waals surface area contributed by atoms with Gasteiger partial charge in [-0.1, -0.05) is 23.2 Å². The second kappa shape index (κ2) is 6.29. The summed E-state index contributed by atoms with van der Waals surface area (Å²) in [7, 11) is -3.91. The van der Waals surface area contributed by atoms with Gasteiger partial charge in [0.25, 0.3) is 0 Å². The summed E-state index contributed by atoms with van der Waals surface area (Å²) in [6.07, 6.45) is 0. The van der Waals surface area contributed by atoms with Gasteiger partial charge in [-0.25, -0.2) is 17.5 Å². The molecule has 0 aliphatic heterocycles. The average molecular weight is 419 g/mol. The molecule has 1 heterocycles. The van der Waals surface area contributed by atoms with E-state index in [9.17, 15) is 12.8 Å². The summed E-state index contributed by atoms with van der Waals surface area (Å²) in [5, 5.41) is 1.09. The molecule has 1 N–H and O–H groups in total. The third-order valence-corrected chi connectivity index (χ3v) is 6.26. The van der Waals surface area contributed by atoms with E-state index in [1.807, 2.05) is 5.38 Å². The molecule has 9 heteroatoms. The van der Waals surface area contributed by atoms with E-state index in [0.717, 1.165) is 15.4 Å². The van der Waals surface area contributed by atoms with Gasteiger partial charge in [-0.05, 0) is 34.1 Å². The number of halogens is 4. The Morgan fingerprint density at radius 2 is 2.05 bits per heavy atom. The van der Waals surface area contributed by atoms with Gasteiger partial charge in [0.2, 0.25) is 10.0 Å². The summed E-state index contributed by atoms with van der Waals surface area (Å²) in [6, 6.07) is 4.11. The zero-order chi connectivity index (χ0) is 14.9. The molecule has 0 aliphatic carbocycles. The van der Waals surface area contributed by atoms with Gasteiger partial charge in [0.05, 0.1) is 10.0 Å². The number of nitrogens with one attached hydrogen (secondary N) is 1. The minimum atomic E-state index is -3.91. The van der Waals surface area contributed by atoms with Crippen molar-refractivity contribution in [3.05, 3.63) is 48.8 Å². The van der Waals surface area contributed by atoms with Gasteiger partial charge in [0, 0.05) is 21.3 Å². The van der Waals surface area contributed by atoms with Gasteiger partial charge in [-0.2, -0.15) is 0 Å². The molecule has 0 spiro atoms. The minimum absolute atomic E-state index is 0.0964.